The number of piperazine rings is 1. The molecule has 1 aliphatic rings. The van der Waals surface area contributed by atoms with Gasteiger partial charge in [-0.3, -0.25) is 0 Å². The predicted molar refractivity (Wildman–Crippen MR) is 122 cm³/mol. The third-order valence-electron chi connectivity index (χ3n) is 5.21. The van der Waals surface area contributed by atoms with Crippen LogP contribution in [0.4, 0.5) is 29.0 Å². The van der Waals surface area contributed by atoms with E-state index in [2.05, 4.69) is 46.5 Å². The highest BCUT2D eigenvalue weighted by molar-refractivity contribution is 5.64. The van der Waals surface area contributed by atoms with E-state index < -0.39 is 0 Å². The van der Waals surface area contributed by atoms with Gasteiger partial charge in [-0.05, 0) is 50.4 Å². The highest BCUT2D eigenvalue weighted by Gasteiger charge is 2.17. The van der Waals surface area contributed by atoms with E-state index >= 15 is 0 Å². The van der Waals surface area contributed by atoms with E-state index in [0.717, 1.165) is 54.9 Å². The normalized spacial score (nSPS) is 14.4. The summed E-state index contributed by atoms with van der Waals surface area (Å²) in [5, 5.41) is 6.74. The van der Waals surface area contributed by atoms with Crippen LogP contribution in [-0.4, -0.2) is 55.2 Å². The maximum Gasteiger partial charge on any atom is 0.231 e. The van der Waals surface area contributed by atoms with Crippen LogP contribution in [-0.2, 0) is 0 Å². The number of aryl methyl sites for hydroxylation is 1. The Labute approximate surface area is 177 Å². The zero-order valence-corrected chi connectivity index (χ0v) is 17.7. The van der Waals surface area contributed by atoms with Crippen LogP contribution < -0.4 is 20.3 Å². The third-order valence-corrected chi connectivity index (χ3v) is 5.21. The molecule has 1 aromatic heterocycles. The third kappa shape index (κ3) is 4.99. The average Bonchev–Trinajstić information content (AvgIpc) is 2.76. The number of benzene rings is 2. The first-order valence-electron chi connectivity index (χ1n) is 10.2. The molecule has 1 saturated heterocycles. The fraction of sp³-hybridized carbons (Fsp3) is 0.304. The first kappa shape index (κ1) is 20.0. The summed E-state index contributed by atoms with van der Waals surface area (Å²) in [4.78, 5) is 14.1. The molecule has 1 aliphatic heterocycles. The quantitative estimate of drug-likeness (QED) is 0.643. The molecule has 0 atom stereocenters. The number of aromatic nitrogens is 2. The topological polar surface area (TPSA) is 65.6 Å². The monoisotopic (exact) mass is 404 g/mol. The smallest absolute Gasteiger partial charge is 0.231 e. The Morgan fingerprint density at radius 1 is 0.833 bits per heavy atom. The van der Waals surface area contributed by atoms with Gasteiger partial charge in [0.15, 0.2) is 0 Å². The summed E-state index contributed by atoms with van der Waals surface area (Å²) in [5.41, 5.74) is 3.13. The molecule has 0 amide bonds. The van der Waals surface area contributed by atoms with E-state index in [-0.39, 0.29) is 0 Å². The van der Waals surface area contributed by atoms with Crippen LogP contribution in [0.15, 0.2) is 54.6 Å². The van der Waals surface area contributed by atoms with Crippen LogP contribution in [0.2, 0.25) is 0 Å². The zero-order chi connectivity index (χ0) is 20.9. The molecule has 1 fully saturated rings. The minimum atomic E-state index is 0.575. The molecule has 3 aromatic rings. The molecule has 0 radical (unpaired) electrons. The van der Waals surface area contributed by atoms with Gasteiger partial charge in [-0.2, -0.15) is 9.97 Å². The lowest BCUT2D eigenvalue weighted by Gasteiger charge is -2.33. The summed E-state index contributed by atoms with van der Waals surface area (Å²) in [5.74, 6) is 3.07. The van der Waals surface area contributed by atoms with Gasteiger partial charge in [-0.25, -0.2) is 0 Å². The molecular weight excluding hydrogens is 376 g/mol. The first-order chi connectivity index (χ1) is 14.6. The molecule has 2 N–H and O–H groups in total. The summed E-state index contributed by atoms with van der Waals surface area (Å²) in [6, 6.07) is 18.0. The lowest BCUT2D eigenvalue weighted by molar-refractivity contribution is 0.312. The molecule has 2 aromatic carbocycles. The molecule has 0 bridgehead atoms. The Bertz CT molecular complexity index is 966. The highest BCUT2D eigenvalue weighted by Crippen LogP contribution is 2.25. The molecule has 2 heterocycles. The molecule has 0 spiro atoms. The maximum atomic E-state index is 5.25. The van der Waals surface area contributed by atoms with Gasteiger partial charge in [-0.1, -0.05) is 17.7 Å². The summed E-state index contributed by atoms with van der Waals surface area (Å²) < 4.78 is 5.25. The Hall–Kier alpha value is -3.32. The van der Waals surface area contributed by atoms with Crippen LogP contribution in [0.5, 0.6) is 5.75 Å². The van der Waals surface area contributed by atoms with Gasteiger partial charge in [-0.15, -0.1) is 0 Å². The number of anilines is 5. The Morgan fingerprint density at radius 2 is 1.47 bits per heavy atom. The van der Waals surface area contributed by atoms with Crippen molar-refractivity contribution in [3.8, 4) is 5.75 Å². The van der Waals surface area contributed by atoms with Crippen LogP contribution in [0.25, 0.3) is 0 Å². The van der Waals surface area contributed by atoms with Crippen LogP contribution in [0, 0.1) is 6.92 Å². The molecule has 30 heavy (non-hydrogen) atoms. The summed E-state index contributed by atoms with van der Waals surface area (Å²) in [6.45, 7) is 6.00. The second-order valence-corrected chi connectivity index (χ2v) is 7.57. The number of rotatable bonds is 6. The first-order valence-corrected chi connectivity index (χ1v) is 10.2. The van der Waals surface area contributed by atoms with Crippen molar-refractivity contribution in [2.75, 3.05) is 55.9 Å². The van der Waals surface area contributed by atoms with Crippen molar-refractivity contribution in [2.45, 2.75) is 6.92 Å². The summed E-state index contributed by atoms with van der Waals surface area (Å²) >= 11 is 0. The van der Waals surface area contributed by atoms with Crippen molar-refractivity contribution < 1.29 is 4.74 Å². The average molecular weight is 405 g/mol. The predicted octanol–water partition coefficient (Wildman–Crippen LogP) is 4.03. The van der Waals surface area contributed by atoms with Gasteiger partial charge in [0, 0.05) is 43.6 Å². The Morgan fingerprint density at radius 3 is 2.13 bits per heavy atom. The largest absolute Gasteiger partial charge is 0.497 e. The standard InChI is InChI=1S/C23H28N6O/c1-17-4-6-19(7-5-17)25-23-26-21(24-18-8-10-20(30-3)11-9-18)16-22(27-23)29-14-12-28(2)13-15-29/h4-11,16H,12-15H2,1-3H3,(H2,24,25,26,27). The number of methoxy groups -OCH3 is 1. The molecule has 0 unspecified atom stereocenters. The minimum Gasteiger partial charge on any atom is -0.497 e. The van der Waals surface area contributed by atoms with E-state index in [9.17, 15) is 0 Å². The van der Waals surface area contributed by atoms with E-state index in [1.54, 1.807) is 7.11 Å². The van der Waals surface area contributed by atoms with E-state index in [0.29, 0.717) is 5.95 Å². The van der Waals surface area contributed by atoms with E-state index in [1.165, 1.54) is 5.56 Å². The van der Waals surface area contributed by atoms with Crippen molar-refractivity contribution in [1.82, 2.24) is 14.9 Å². The van der Waals surface area contributed by atoms with Gasteiger partial charge in [0.2, 0.25) is 5.95 Å². The van der Waals surface area contributed by atoms with Crippen molar-refractivity contribution in [2.24, 2.45) is 0 Å². The van der Waals surface area contributed by atoms with Gasteiger partial charge in [0.05, 0.1) is 7.11 Å². The highest BCUT2D eigenvalue weighted by atomic mass is 16.5. The van der Waals surface area contributed by atoms with Gasteiger partial charge in [0.1, 0.15) is 17.4 Å². The molecular formula is C23H28N6O. The maximum absolute atomic E-state index is 5.25. The molecule has 7 heteroatoms. The number of nitrogens with one attached hydrogen (secondary N) is 2. The molecule has 0 aliphatic carbocycles. The number of likely N-dealkylation sites (N-methyl/N-ethyl adjacent to an activating group) is 1. The number of ether oxygens (including phenoxy) is 1. The molecule has 4 rings (SSSR count). The van der Waals surface area contributed by atoms with Gasteiger partial charge >= 0.3 is 0 Å². The SMILES string of the molecule is COc1ccc(Nc2cc(N3CCN(C)CC3)nc(Nc3ccc(C)cc3)n2)cc1. The van der Waals surface area contributed by atoms with Gasteiger partial charge in [0.25, 0.3) is 0 Å². The van der Waals surface area contributed by atoms with Crippen LogP contribution in [0.1, 0.15) is 5.56 Å². The molecule has 0 saturated carbocycles. The number of hydrogen-bond donors (Lipinski definition) is 2. The van der Waals surface area contributed by atoms with Gasteiger partial charge < -0.3 is 25.2 Å². The lowest BCUT2D eigenvalue weighted by Crippen LogP contribution is -2.44. The Balaban J connectivity index is 1.61. The van der Waals surface area contributed by atoms with E-state index in [4.69, 9.17) is 14.7 Å². The summed E-state index contributed by atoms with van der Waals surface area (Å²) in [7, 11) is 3.82. The second-order valence-electron chi connectivity index (χ2n) is 7.57. The fourth-order valence-corrected chi connectivity index (χ4v) is 3.34. The van der Waals surface area contributed by atoms with Crippen molar-refractivity contribution in [1.29, 1.82) is 0 Å². The number of hydrogen-bond acceptors (Lipinski definition) is 7. The van der Waals surface area contributed by atoms with Crippen molar-refractivity contribution in [3.05, 3.63) is 60.2 Å². The van der Waals surface area contributed by atoms with Crippen molar-refractivity contribution >= 4 is 29.0 Å². The van der Waals surface area contributed by atoms with Crippen LogP contribution in [0.3, 0.4) is 0 Å². The van der Waals surface area contributed by atoms with E-state index in [1.807, 2.05) is 42.5 Å². The fourth-order valence-electron chi connectivity index (χ4n) is 3.34. The van der Waals surface area contributed by atoms with Crippen molar-refractivity contribution in [3.63, 3.8) is 0 Å². The lowest BCUT2D eigenvalue weighted by atomic mass is 10.2. The zero-order valence-electron chi connectivity index (χ0n) is 17.7. The number of nitrogens with zero attached hydrogens (tertiary/aromatic N) is 4. The summed E-state index contributed by atoms with van der Waals surface area (Å²) in [6.07, 6.45) is 0. The Kier molecular flexibility index (Phi) is 5.99. The minimum absolute atomic E-state index is 0.575. The van der Waals surface area contributed by atoms with Crippen LogP contribution >= 0.6 is 0 Å². The second kappa shape index (κ2) is 9.00. The molecule has 7 nitrogen and oxygen atoms in total. The molecule has 156 valence electrons.